The lowest BCUT2D eigenvalue weighted by molar-refractivity contribution is -0.169. The van der Waals surface area contributed by atoms with Gasteiger partial charge in [0.25, 0.3) is 0 Å². The average molecular weight is 157 g/mol. The molecule has 1 rings (SSSR count). The molecule has 1 unspecified atom stereocenters. The quantitative estimate of drug-likeness (QED) is 0.557. The Morgan fingerprint density at radius 1 is 1.64 bits per heavy atom. The summed E-state index contributed by atoms with van der Waals surface area (Å²) in [5, 5.41) is 0. The minimum absolute atomic E-state index is 0.0104. The second-order valence-corrected chi connectivity index (χ2v) is 3.27. The van der Waals surface area contributed by atoms with Crippen LogP contribution >= 0.6 is 0 Å². The maximum absolute atomic E-state index is 10.7. The van der Waals surface area contributed by atoms with E-state index < -0.39 is 0 Å². The molecule has 0 aliphatic carbocycles. The molecule has 1 heterocycles. The van der Waals surface area contributed by atoms with E-state index in [1.807, 2.05) is 14.1 Å². The van der Waals surface area contributed by atoms with Crippen LogP contribution < -0.4 is 0 Å². The van der Waals surface area contributed by atoms with Gasteiger partial charge in [-0.3, -0.25) is 4.79 Å². The molecule has 0 amide bonds. The van der Waals surface area contributed by atoms with Crippen LogP contribution in [-0.2, 0) is 9.53 Å². The van der Waals surface area contributed by atoms with Gasteiger partial charge >= 0.3 is 5.97 Å². The van der Waals surface area contributed by atoms with E-state index in [9.17, 15) is 4.79 Å². The number of carbonyl (C=O) groups is 1. The molecule has 0 spiro atoms. The fraction of sp³-hybridized carbons (Fsp3) is 0.875. The fourth-order valence-electron chi connectivity index (χ4n) is 1.12. The maximum Gasteiger partial charge on any atom is 0.312 e. The van der Waals surface area contributed by atoms with Crippen molar-refractivity contribution in [2.45, 2.75) is 12.8 Å². The van der Waals surface area contributed by atoms with Crippen LogP contribution in [0.15, 0.2) is 0 Å². The molecule has 1 saturated heterocycles. The van der Waals surface area contributed by atoms with Crippen molar-refractivity contribution in [3.05, 3.63) is 0 Å². The van der Waals surface area contributed by atoms with Crippen LogP contribution in [-0.4, -0.2) is 38.1 Å². The summed E-state index contributed by atoms with van der Waals surface area (Å²) in [7, 11) is 4.08. The second-order valence-electron chi connectivity index (χ2n) is 3.27. The number of rotatable bonds is 4. The molecule has 0 aromatic carbocycles. The van der Waals surface area contributed by atoms with Crippen molar-refractivity contribution in [1.29, 1.82) is 0 Å². The van der Waals surface area contributed by atoms with Crippen LogP contribution in [0.5, 0.6) is 0 Å². The van der Waals surface area contributed by atoms with Crippen molar-refractivity contribution in [3.8, 4) is 0 Å². The molecule has 1 aliphatic heterocycles. The zero-order valence-corrected chi connectivity index (χ0v) is 7.17. The van der Waals surface area contributed by atoms with Crippen molar-refractivity contribution in [3.63, 3.8) is 0 Å². The highest BCUT2D eigenvalue weighted by Crippen LogP contribution is 2.17. The van der Waals surface area contributed by atoms with Gasteiger partial charge in [0.05, 0.1) is 5.92 Å². The van der Waals surface area contributed by atoms with E-state index in [0.717, 1.165) is 19.4 Å². The molecule has 0 saturated carbocycles. The molecule has 1 fully saturated rings. The van der Waals surface area contributed by atoms with E-state index in [-0.39, 0.29) is 11.9 Å². The summed E-state index contributed by atoms with van der Waals surface area (Å²) in [5.41, 5.74) is 0. The number of hydrogen-bond acceptors (Lipinski definition) is 3. The molecular formula is C8H15NO2. The van der Waals surface area contributed by atoms with Crippen LogP contribution in [0.25, 0.3) is 0 Å². The van der Waals surface area contributed by atoms with Crippen LogP contribution in [0.3, 0.4) is 0 Å². The third kappa shape index (κ3) is 2.50. The summed E-state index contributed by atoms with van der Waals surface area (Å²) in [6, 6.07) is 0. The summed E-state index contributed by atoms with van der Waals surface area (Å²) < 4.78 is 4.65. The lowest BCUT2D eigenvalue weighted by Gasteiger charge is -2.24. The predicted molar refractivity (Wildman–Crippen MR) is 42.2 cm³/mol. The fourth-order valence-corrected chi connectivity index (χ4v) is 1.12. The first-order valence-electron chi connectivity index (χ1n) is 4.01. The summed E-state index contributed by atoms with van der Waals surface area (Å²) in [5.74, 6) is 0.193. The van der Waals surface area contributed by atoms with Crippen molar-refractivity contribution < 1.29 is 9.53 Å². The van der Waals surface area contributed by atoms with Gasteiger partial charge in [-0.15, -0.1) is 0 Å². The Balaban J connectivity index is 1.99. The lowest BCUT2D eigenvalue weighted by Crippen LogP contribution is -2.34. The number of hydrogen-bond donors (Lipinski definition) is 0. The Bertz CT molecular complexity index is 145. The Labute approximate surface area is 67.3 Å². The number of esters is 1. The lowest BCUT2D eigenvalue weighted by atomic mass is 10.0. The average Bonchev–Trinajstić information content (AvgIpc) is 1.94. The van der Waals surface area contributed by atoms with Crippen molar-refractivity contribution in [1.82, 2.24) is 4.90 Å². The molecule has 0 bridgehead atoms. The molecule has 11 heavy (non-hydrogen) atoms. The topological polar surface area (TPSA) is 29.5 Å². The smallest absolute Gasteiger partial charge is 0.312 e. The highest BCUT2D eigenvalue weighted by molar-refractivity contribution is 5.77. The molecule has 1 aliphatic rings. The molecule has 0 aromatic rings. The van der Waals surface area contributed by atoms with Gasteiger partial charge in [-0.05, 0) is 33.5 Å². The zero-order valence-electron chi connectivity index (χ0n) is 7.17. The monoisotopic (exact) mass is 157 g/mol. The number of nitrogens with zero attached hydrogens (tertiary/aromatic N) is 1. The minimum Gasteiger partial charge on any atom is -0.464 e. The second kappa shape index (κ2) is 3.72. The van der Waals surface area contributed by atoms with Gasteiger partial charge in [0, 0.05) is 0 Å². The first-order valence-corrected chi connectivity index (χ1v) is 4.01. The third-order valence-corrected chi connectivity index (χ3v) is 1.92. The van der Waals surface area contributed by atoms with Gasteiger partial charge in [0.15, 0.2) is 0 Å². The Morgan fingerprint density at radius 2 is 2.36 bits per heavy atom. The van der Waals surface area contributed by atoms with Gasteiger partial charge in [-0.1, -0.05) is 0 Å². The SMILES string of the molecule is CN(C)CCCC1COC1=O. The van der Waals surface area contributed by atoms with Gasteiger partial charge < -0.3 is 9.64 Å². The standard InChI is InChI=1S/C8H15NO2/c1-9(2)5-3-4-7-6-11-8(7)10/h7H,3-6H2,1-2H3. The summed E-state index contributed by atoms with van der Waals surface area (Å²) in [6.45, 7) is 1.70. The van der Waals surface area contributed by atoms with E-state index in [2.05, 4.69) is 9.64 Å². The van der Waals surface area contributed by atoms with Crippen LogP contribution in [0.4, 0.5) is 0 Å². The first kappa shape index (κ1) is 8.53. The van der Waals surface area contributed by atoms with Crippen LogP contribution in [0.1, 0.15) is 12.8 Å². The number of ether oxygens (including phenoxy) is 1. The van der Waals surface area contributed by atoms with Crippen LogP contribution in [0, 0.1) is 5.92 Å². The molecule has 0 radical (unpaired) electrons. The van der Waals surface area contributed by atoms with E-state index in [1.54, 1.807) is 0 Å². The molecule has 3 heteroatoms. The van der Waals surface area contributed by atoms with Crippen molar-refractivity contribution in [2.75, 3.05) is 27.2 Å². The first-order chi connectivity index (χ1) is 5.20. The van der Waals surface area contributed by atoms with E-state index >= 15 is 0 Å². The molecule has 64 valence electrons. The van der Waals surface area contributed by atoms with E-state index in [0.29, 0.717) is 6.61 Å². The Morgan fingerprint density at radius 3 is 2.73 bits per heavy atom. The molecular weight excluding hydrogens is 142 g/mol. The normalized spacial score (nSPS) is 23.2. The van der Waals surface area contributed by atoms with E-state index in [4.69, 9.17) is 0 Å². The largest absolute Gasteiger partial charge is 0.464 e. The highest BCUT2D eigenvalue weighted by Gasteiger charge is 2.29. The molecule has 0 N–H and O–H groups in total. The number of carbonyl (C=O) groups excluding carboxylic acids is 1. The van der Waals surface area contributed by atoms with Gasteiger partial charge in [-0.2, -0.15) is 0 Å². The third-order valence-electron chi connectivity index (χ3n) is 1.92. The Hall–Kier alpha value is -0.570. The summed E-state index contributed by atoms with van der Waals surface area (Å²) in [4.78, 5) is 12.8. The number of cyclic esters (lactones) is 1. The zero-order chi connectivity index (χ0) is 8.27. The molecule has 3 nitrogen and oxygen atoms in total. The van der Waals surface area contributed by atoms with Gasteiger partial charge in [0.2, 0.25) is 0 Å². The minimum atomic E-state index is -0.0104. The maximum atomic E-state index is 10.7. The summed E-state index contributed by atoms with van der Waals surface area (Å²) >= 11 is 0. The van der Waals surface area contributed by atoms with E-state index in [1.165, 1.54) is 0 Å². The molecule has 1 atom stereocenters. The summed E-state index contributed by atoms with van der Waals surface area (Å²) in [6.07, 6.45) is 2.07. The van der Waals surface area contributed by atoms with Crippen molar-refractivity contribution in [2.24, 2.45) is 5.92 Å². The predicted octanol–water partition coefficient (Wildman–Crippen LogP) is 0.501. The highest BCUT2D eigenvalue weighted by atomic mass is 16.6. The Kier molecular flexibility index (Phi) is 2.88. The van der Waals surface area contributed by atoms with Crippen LogP contribution in [0.2, 0.25) is 0 Å². The van der Waals surface area contributed by atoms with Gasteiger partial charge in [-0.25, -0.2) is 0 Å². The van der Waals surface area contributed by atoms with Gasteiger partial charge in [0.1, 0.15) is 6.61 Å². The van der Waals surface area contributed by atoms with Crippen molar-refractivity contribution >= 4 is 5.97 Å². The molecule has 0 aromatic heterocycles.